The number of unbranched alkanes of at least 4 members (excludes halogenated alkanes) is 3. The molecule has 34 heavy (non-hydrogen) atoms. The standard InChI is InChI=1S/C24H28N6O2S2/c1-2-3-4-6-14-30-23(32)19(34-24(30)33)16-18-21(26-10-8-12-28-15-11-25-17-28)27-20-9-5-7-13-29(20)22(18)31/h5,7,9,11,13,15-17,26H,2-4,6,8,10,12,14H2,1H3/b19-16-. The lowest BCUT2D eigenvalue weighted by molar-refractivity contribution is -0.122. The van der Waals surface area contributed by atoms with Crippen LogP contribution >= 0.6 is 24.0 Å². The molecule has 1 saturated heterocycles. The fourth-order valence-electron chi connectivity index (χ4n) is 3.78. The molecule has 0 spiro atoms. The van der Waals surface area contributed by atoms with Gasteiger partial charge in [-0.2, -0.15) is 0 Å². The number of thioether (sulfide) groups is 1. The Morgan fingerprint density at radius 1 is 1.12 bits per heavy atom. The van der Waals surface area contributed by atoms with E-state index in [1.807, 2.05) is 16.8 Å². The van der Waals surface area contributed by atoms with Crippen molar-refractivity contribution in [3.63, 3.8) is 0 Å². The maximum atomic E-state index is 13.3. The number of nitrogens with zero attached hydrogens (tertiary/aromatic N) is 5. The second-order valence-corrected chi connectivity index (χ2v) is 9.76. The van der Waals surface area contributed by atoms with Crippen LogP contribution in [0.15, 0.2) is 52.8 Å². The largest absolute Gasteiger partial charge is 0.369 e. The Morgan fingerprint density at radius 3 is 2.79 bits per heavy atom. The van der Waals surface area contributed by atoms with Gasteiger partial charge < -0.3 is 9.88 Å². The summed E-state index contributed by atoms with van der Waals surface area (Å²) >= 11 is 6.71. The normalized spacial score (nSPS) is 15.1. The fraction of sp³-hybridized carbons (Fsp3) is 0.375. The maximum absolute atomic E-state index is 13.3. The predicted molar refractivity (Wildman–Crippen MR) is 141 cm³/mol. The zero-order valence-electron chi connectivity index (χ0n) is 19.1. The molecule has 0 atom stereocenters. The van der Waals surface area contributed by atoms with Crippen molar-refractivity contribution in [1.29, 1.82) is 0 Å². The van der Waals surface area contributed by atoms with Gasteiger partial charge in [0.1, 0.15) is 15.8 Å². The first-order valence-corrected chi connectivity index (χ1v) is 12.8. The highest BCUT2D eigenvalue weighted by atomic mass is 32.2. The van der Waals surface area contributed by atoms with Gasteiger partial charge in [-0.05, 0) is 31.1 Å². The molecule has 1 fully saturated rings. The molecule has 3 aromatic rings. The highest BCUT2D eigenvalue weighted by molar-refractivity contribution is 8.26. The highest BCUT2D eigenvalue weighted by Gasteiger charge is 2.32. The monoisotopic (exact) mass is 496 g/mol. The molecule has 0 aliphatic carbocycles. The third-order valence-electron chi connectivity index (χ3n) is 5.60. The van der Waals surface area contributed by atoms with E-state index >= 15 is 0 Å². The van der Waals surface area contributed by atoms with Gasteiger partial charge in [0.2, 0.25) is 0 Å². The molecule has 8 nitrogen and oxygen atoms in total. The van der Waals surface area contributed by atoms with Gasteiger partial charge >= 0.3 is 0 Å². The molecule has 1 aliphatic rings. The van der Waals surface area contributed by atoms with Crippen molar-refractivity contribution >= 4 is 51.7 Å². The number of anilines is 1. The zero-order chi connectivity index (χ0) is 23.9. The quantitative estimate of drug-likeness (QED) is 0.242. The number of hydrogen-bond acceptors (Lipinski definition) is 7. The summed E-state index contributed by atoms with van der Waals surface area (Å²) in [5, 5.41) is 3.30. The highest BCUT2D eigenvalue weighted by Crippen LogP contribution is 2.33. The van der Waals surface area contributed by atoms with E-state index in [0.717, 1.165) is 38.6 Å². The van der Waals surface area contributed by atoms with Crippen LogP contribution in [0.25, 0.3) is 11.7 Å². The summed E-state index contributed by atoms with van der Waals surface area (Å²) in [6, 6.07) is 5.42. The molecule has 0 aromatic carbocycles. The molecule has 1 amide bonds. The maximum Gasteiger partial charge on any atom is 0.267 e. The Morgan fingerprint density at radius 2 is 2.00 bits per heavy atom. The van der Waals surface area contributed by atoms with Gasteiger partial charge in [0.25, 0.3) is 11.5 Å². The number of aromatic nitrogens is 4. The van der Waals surface area contributed by atoms with Crippen LogP contribution in [-0.4, -0.2) is 47.2 Å². The number of rotatable bonds is 11. The third-order valence-corrected chi connectivity index (χ3v) is 6.98. The summed E-state index contributed by atoms with van der Waals surface area (Å²) in [6.45, 7) is 4.18. The molecule has 0 bridgehead atoms. The second kappa shape index (κ2) is 11.4. The molecule has 3 aromatic heterocycles. The average molecular weight is 497 g/mol. The average Bonchev–Trinajstić information content (AvgIpc) is 3.45. The molecule has 0 radical (unpaired) electrons. The first-order valence-electron chi connectivity index (χ1n) is 11.5. The van der Waals surface area contributed by atoms with Crippen LogP contribution in [0.2, 0.25) is 0 Å². The van der Waals surface area contributed by atoms with Crippen molar-refractivity contribution in [1.82, 2.24) is 23.8 Å². The van der Waals surface area contributed by atoms with E-state index in [-0.39, 0.29) is 11.5 Å². The lowest BCUT2D eigenvalue weighted by Gasteiger charge is -2.14. The third kappa shape index (κ3) is 5.56. The topological polar surface area (TPSA) is 84.5 Å². The summed E-state index contributed by atoms with van der Waals surface area (Å²) in [6.07, 6.45) is 13.8. The number of hydrogen-bond donors (Lipinski definition) is 1. The van der Waals surface area contributed by atoms with E-state index in [4.69, 9.17) is 12.2 Å². The SMILES string of the molecule is CCCCCCN1C(=O)/C(=C/c2c(NCCCn3ccnc3)nc3ccccn3c2=O)SC1=S. The van der Waals surface area contributed by atoms with Crippen molar-refractivity contribution in [3.05, 3.63) is 63.9 Å². The molecule has 4 heterocycles. The van der Waals surface area contributed by atoms with E-state index < -0.39 is 0 Å². The summed E-state index contributed by atoms with van der Waals surface area (Å²) < 4.78 is 4.03. The van der Waals surface area contributed by atoms with Crippen molar-refractivity contribution in [3.8, 4) is 0 Å². The van der Waals surface area contributed by atoms with Gasteiger partial charge in [0, 0.05) is 38.2 Å². The van der Waals surface area contributed by atoms with Crippen LogP contribution in [-0.2, 0) is 11.3 Å². The Hall–Kier alpha value is -2.98. The van der Waals surface area contributed by atoms with Gasteiger partial charge in [-0.1, -0.05) is 56.2 Å². The van der Waals surface area contributed by atoms with Gasteiger partial charge in [-0.3, -0.25) is 18.9 Å². The molecular formula is C24H28N6O2S2. The number of aryl methyl sites for hydroxylation is 1. The minimum atomic E-state index is -0.226. The number of thiocarbonyl (C=S) groups is 1. The van der Waals surface area contributed by atoms with E-state index in [1.54, 1.807) is 41.8 Å². The van der Waals surface area contributed by atoms with E-state index in [1.165, 1.54) is 16.2 Å². The lowest BCUT2D eigenvalue weighted by atomic mass is 10.2. The van der Waals surface area contributed by atoms with Crippen molar-refractivity contribution in [2.45, 2.75) is 45.6 Å². The molecule has 10 heteroatoms. The molecule has 0 saturated carbocycles. The van der Waals surface area contributed by atoms with E-state index in [0.29, 0.717) is 39.3 Å². The van der Waals surface area contributed by atoms with Gasteiger partial charge in [-0.15, -0.1) is 0 Å². The second-order valence-electron chi connectivity index (χ2n) is 8.08. The Kier molecular flexibility index (Phi) is 8.12. The number of imidazole rings is 1. The number of amides is 1. The minimum Gasteiger partial charge on any atom is -0.369 e. The molecule has 1 aliphatic heterocycles. The molecule has 178 valence electrons. The Labute approximate surface area is 208 Å². The minimum absolute atomic E-state index is 0.143. The van der Waals surface area contributed by atoms with E-state index in [9.17, 15) is 9.59 Å². The van der Waals surface area contributed by atoms with Gasteiger partial charge in [0.15, 0.2) is 0 Å². The summed E-state index contributed by atoms with van der Waals surface area (Å²) in [5.74, 6) is 0.324. The molecular weight excluding hydrogens is 468 g/mol. The number of carbonyl (C=O) groups excluding carboxylic acids is 1. The number of carbonyl (C=O) groups is 1. The van der Waals surface area contributed by atoms with Gasteiger partial charge in [0.05, 0.1) is 16.8 Å². The summed E-state index contributed by atoms with van der Waals surface area (Å²) in [4.78, 5) is 37.2. The molecule has 0 unspecified atom stereocenters. The van der Waals surface area contributed by atoms with Crippen LogP contribution in [0.3, 0.4) is 0 Å². The first kappa shape index (κ1) is 24.2. The Balaban J connectivity index is 1.57. The van der Waals surface area contributed by atoms with Crippen LogP contribution in [0.1, 0.15) is 44.6 Å². The molecule has 1 N–H and O–H groups in total. The number of nitrogens with one attached hydrogen (secondary N) is 1. The van der Waals surface area contributed by atoms with Crippen molar-refractivity contribution < 1.29 is 4.79 Å². The smallest absolute Gasteiger partial charge is 0.267 e. The van der Waals surface area contributed by atoms with Crippen LogP contribution in [0.4, 0.5) is 5.82 Å². The van der Waals surface area contributed by atoms with Crippen molar-refractivity contribution in [2.24, 2.45) is 0 Å². The Bertz CT molecular complexity index is 1250. The fourth-order valence-corrected chi connectivity index (χ4v) is 5.07. The van der Waals surface area contributed by atoms with Crippen LogP contribution in [0.5, 0.6) is 0 Å². The number of pyridine rings is 1. The van der Waals surface area contributed by atoms with E-state index in [2.05, 4.69) is 22.2 Å². The predicted octanol–water partition coefficient (Wildman–Crippen LogP) is 4.17. The first-order chi connectivity index (χ1) is 16.6. The number of fused-ring (bicyclic) bond motifs is 1. The summed E-state index contributed by atoms with van der Waals surface area (Å²) in [5.41, 5.74) is 0.680. The van der Waals surface area contributed by atoms with Crippen LogP contribution in [0, 0.1) is 0 Å². The summed E-state index contributed by atoms with van der Waals surface area (Å²) in [7, 11) is 0. The van der Waals surface area contributed by atoms with Crippen LogP contribution < -0.4 is 10.9 Å². The van der Waals surface area contributed by atoms with Crippen molar-refractivity contribution in [2.75, 3.05) is 18.4 Å². The van der Waals surface area contributed by atoms with Gasteiger partial charge in [-0.25, -0.2) is 9.97 Å². The molecule has 4 rings (SSSR count). The zero-order valence-corrected chi connectivity index (χ0v) is 20.8. The lowest BCUT2D eigenvalue weighted by Crippen LogP contribution is -2.29.